The largest absolute Gasteiger partial charge is 0.494 e. The van der Waals surface area contributed by atoms with E-state index in [-0.39, 0.29) is 6.10 Å². The van der Waals surface area contributed by atoms with Gasteiger partial charge in [-0.2, -0.15) is 0 Å². The van der Waals surface area contributed by atoms with Gasteiger partial charge in [-0.05, 0) is 63.1 Å². The second kappa shape index (κ2) is 11.7. The van der Waals surface area contributed by atoms with Gasteiger partial charge in [0.05, 0.1) is 49.5 Å². The van der Waals surface area contributed by atoms with Gasteiger partial charge in [0.2, 0.25) is 5.95 Å². The molecular formula is C31H38N6O3. The minimum Gasteiger partial charge on any atom is -0.494 e. The van der Waals surface area contributed by atoms with E-state index in [1.165, 1.54) is 18.5 Å². The van der Waals surface area contributed by atoms with Crippen LogP contribution in [-0.4, -0.2) is 78.1 Å². The Kier molecular flexibility index (Phi) is 7.75. The maximum Gasteiger partial charge on any atom is 0.245 e. The van der Waals surface area contributed by atoms with E-state index >= 15 is 0 Å². The number of fused-ring (bicyclic) bond motifs is 1. The lowest BCUT2D eigenvalue weighted by Gasteiger charge is -2.40. The van der Waals surface area contributed by atoms with Gasteiger partial charge in [0.1, 0.15) is 11.5 Å². The van der Waals surface area contributed by atoms with E-state index < -0.39 is 0 Å². The standard InChI is InChI=1S/C31H38N6O3/c1-22(2)40-29-7-5-4-6-26(29)28-11-9-25-21-32-31(34-37(25)28)33-27-10-8-24(20-30(27)38-3)35-14-12-23(13-15-35)36-16-18-39-19-17-36/h4-11,20-23H,12-19H2,1-3H3,(H,33,34). The quantitative estimate of drug-likeness (QED) is 0.324. The molecular weight excluding hydrogens is 504 g/mol. The fourth-order valence-electron chi connectivity index (χ4n) is 5.73. The first-order valence-electron chi connectivity index (χ1n) is 14.2. The van der Waals surface area contributed by atoms with Crippen LogP contribution in [0.25, 0.3) is 16.8 Å². The van der Waals surface area contributed by atoms with Crippen molar-refractivity contribution in [2.45, 2.75) is 38.8 Å². The number of para-hydroxylation sites is 1. The zero-order valence-corrected chi connectivity index (χ0v) is 23.5. The summed E-state index contributed by atoms with van der Waals surface area (Å²) in [6.07, 6.45) is 4.23. The van der Waals surface area contributed by atoms with Crippen molar-refractivity contribution in [3.05, 3.63) is 60.8 Å². The van der Waals surface area contributed by atoms with Gasteiger partial charge >= 0.3 is 0 Å². The summed E-state index contributed by atoms with van der Waals surface area (Å²) < 4.78 is 19.3. The molecule has 0 aliphatic carbocycles. The highest BCUT2D eigenvalue weighted by atomic mass is 16.5. The van der Waals surface area contributed by atoms with Crippen molar-refractivity contribution in [3.63, 3.8) is 0 Å². The number of benzene rings is 2. The number of piperidine rings is 1. The average molecular weight is 543 g/mol. The number of hydrogen-bond acceptors (Lipinski definition) is 8. The minimum atomic E-state index is 0.0748. The van der Waals surface area contributed by atoms with Crippen molar-refractivity contribution in [3.8, 4) is 22.8 Å². The molecule has 9 nitrogen and oxygen atoms in total. The smallest absolute Gasteiger partial charge is 0.245 e. The van der Waals surface area contributed by atoms with Crippen molar-refractivity contribution in [1.29, 1.82) is 0 Å². The molecule has 6 rings (SSSR count). The molecule has 2 aromatic heterocycles. The zero-order chi connectivity index (χ0) is 27.5. The van der Waals surface area contributed by atoms with Crippen LogP contribution >= 0.6 is 0 Å². The summed E-state index contributed by atoms with van der Waals surface area (Å²) in [6.45, 7) is 9.95. The highest BCUT2D eigenvalue weighted by Crippen LogP contribution is 2.34. The van der Waals surface area contributed by atoms with E-state index in [1.54, 1.807) is 7.11 Å². The van der Waals surface area contributed by atoms with Gasteiger partial charge in [-0.1, -0.05) is 12.1 Å². The number of nitrogens with one attached hydrogen (secondary N) is 1. The molecule has 210 valence electrons. The Balaban J connectivity index is 1.20. The van der Waals surface area contributed by atoms with E-state index in [9.17, 15) is 0 Å². The van der Waals surface area contributed by atoms with E-state index in [0.717, 1.165) is 73.4 Å². The number of nitrogens with zero attached hydrogens (tertiary/aromatic N) is 5. The molecule has 4 heterocycles. The SMILES string of the molecule is COc1cc(N2CCC(N3CCOCC3)CC2)ccc1Nc1ncc2ccc(-c3ccccc3OC(C)C)n2n1. The van der Waals surface area contributed by atoms with Crippen LogP contribution in [0.15, 0.2) is 60.8 Å². The molecule has 2 saturated heterocycles. The van der Waals surface area contributed by atoms with Crippen LogP contribution in [0.4, 0.5) is 17.3 Å². The summed E-state index contributed by atoms with van der Waals surface area (Å²) in [4.78, 5) is 9.61. The van der Waals surface area contributed by atoms with E-state index in [1.807, 2.05) is 54.9 Å². The molecule has 0 amide bonds. The Morgan fingerprint density at radius 3 is 2.52 bits per heavy atom. The molecule has 1 N–H and O–H groups in total. The van der Waals surface area contributed by atoms with Gasteiger partial charge in [0, 0.05) is 49.5 Å². The van der Waals surface area contributed by atoms with Crippen molar-refractivity contribution >= 4 is 22.8 Å². The average Bonchev–Trinajstić information content (AvgIpc) is 3.41. The van der Waals surface area contributed by atoms with Crippen LogP contribution < -0.4 is 19.7 Å². The van der Waals surface area contributed by atoms with Crippen LogP contribution in [0.2, 0.25) is 0 Å². The third-order valence-electron chi connectivity index (χ3n) is 7.75. The summed E-state index contributed by atoms with van der Waals surface area (Å²) in [5.74, 6) is 2.08. The second-order valence-corrected chi connectivity index (χ2v) is 10.7. The number of morpholine rings is 1. The first kappa shape index (κ1) is 26.4. The summed E-state index contributed by atoms with van der Waals surface area (Å²) >= 11 is 0. The van der Waals surface area contributed by atoms with Crippen molar-refractivity contribution in [2.24, 2.45) is 0 Å². The number of ether oxygens (including phenoxy) is 3. The lowest BCUT2D eigenvalue weighted by atomic mass is 10.0. The first-order valence-corrected chi connectivity index (χ1v) is 14.2. The molecule has 0 spiro atoms. The Hall–Kier alpha value is -3.82. The number of rotatable bonds is 8. The van der Waals surface area contributed by atoms with Crippen molar-refractivity contribution in [1.82, 2.24) is 19.5 Å². The molecule has 0 bridgehead atoms. The Bertz CT molecular complexity index is 1440. The molecule has 2 aromatic carbocycles. The highest BCUT2D eigenvalue weighted by Gasteiger charge is 2.26. The predicted molar refractivity (Wildman–Crippen MR) is 158 cm³/mol. The molecule has 2 aliphatic rings. The summed E-state index contributed by atoms with van der Waals surface area (Å²) in [7, 11) is 1.70. The highest BCUT2D eigenvalue weighted by molar-refractivity contribution is 5.73. The molecule has 2 fully saturated rings. The number of anilines is 3. The third-order valence-corrected chi connectivity index (χ3v) is 7.75. The third kappa shape index (κ3) is 5.57. The topological polar surface area (TPSA) is 76.4 Å². The maximum absolute atomic E-state index is 6.07. The molecule has 40 heavy (non-hydrogen) atoms. The monoisotopic (exact) mass is 542 g/mol. The fourth-order valence-corrected chi connectivity index (χ4v) is 5.73. The van der Waals surface area contributed by atoms with Crippen LogP contribution in [-0.2, 0) is 4.74 Å². The summed E-state index contributed by atoms with van der Waals surface area (Å²) in [5.41, 5.74) is 4.84. The first-order chi connectivity index (χ1) is 19.6. The molecule has 0 atom stereocenters. The van der Waals surface area contributed by atoms with Gasteiger partial charge in [0.25, 0.3) is 0 Å². The summed E-state index contributed by atoms with van der Waals surface area (Å²) in [6, 6.07) is 19.1. The van der Waals surface area contributed by atoms with Crippen LogP contribution in [0.1, 0.15) is 26.7 Å². The Morgan fingerprint density at radius 1 is 0.950 bits per heavy atom. The van der Waals surface area contributed by atoms with E-state index in [2.05, 4.69) is 44.4 Å². The van der Waals surface area contributed by atoms with Gasteiger partial charge in [0.15, 0.2) is 0 Å². The van der Waals surface area contributed by atoms with E-state index in [4.69, 9.17) is 19.3 Å². The molecule has 0 unspecified atom stereocenters. The normalized spacial score (nSPS) is 16.9. The van der Waals surface area contributed by atoms with Crippen LogP contribution in [0.3, 0.4) is 0 Å². The lowest BCUT2D eigenvalue weighted by Crippen LogP contribution is -2.49. The fraction of sp³-hybridized carbons (Fsp3) is 0.419. The number of aromatic nitrogens is 3. The van der Waals surface area contributed by atoms with Crippen LogP contribution in [0.5, 0.6) is 11.5 Å². The maximum atomic E-state index is 6.07. The van der Waals surface area contributed by atoms with Gasteiger partial charge < -0.3 is 24.4 Å². The predicted octanol–water partition coefficient (Wildman–Crippen LogP) is 5.24. The molecule has 0 radical (unpaired) electrons. The van der Waals surface area contributed by atoms with Gasteiger partial charge in [-0.3, -0.25) is 4.90 Å². The summed E-state index contributed by atoms with van der Waals surface area (Å²) in [5, 5.41) is 8.20. The second-order valence-electron chi connectivity index (χ2n) is 10.7. The van der Waals surface area contributed by atoms with Crippen molar-refractivity contribution < 1.29 is 14.2 Å². The molecule has 9 heteroatoms. The molecule has 4 aromatic rings. The Morgan fingerprint density at radius 2 is 1.75 bits per heavy atom. The number of hydrogen-bond donors (Lipinski definition) is 1. The molecule has 0 saturated carbocycles. The lowest BCUT2D eigenvalue weighted by molar-refractivity contribution is 0.0115. The van der Waals surface area contributed by atoms with E-state index in [0.29, 0.717) is 12.0 Å². The number of methoxy groups -OCH3 is 1. The molecule has 2 aliphatic heterocycles. The van der Waals surface area contributed by atoms with Gasteiger partial charge in [-0.25, -0.2) is 9.50 Å². The van der Waals surface area contributed by atoms with Crippen LogP contribution in [0, 0.1) is 0 Å². The zero-order valence-electron chi connectivity index (χ0n) is 23.5. The van der Waals surface area contributed by atoms with Gasteiger partial charge in [-0.15, -0.1) is 5.10 Å². The minimum absolute atomic E-state index is 0.0748. The van der Waals surface area contributed by atoms with Crippen molar-refractivity contribution in [2.75, 3.05) is 56.7 Å². The Labute approximate surface area is 235 Å².